The molecule has 0 unspecified atom stereocenters. The monoisotopic (exact) mass is 393 g/mol. The summed E-state index contributed by atoms with van der Waals surface area (Å²) in [6, 6.07) is 12.7. The van der Waals surface area contributed by atoms with E-state index in [-0.39, 0.29) is 5.82 Å². The summed E-state index contributed by atoms with van der Waals surface area (Å²) in [6.45, 7) is 5.92. The summed E-state index contributed by atoms with van der Waals surface area (Å²) in [5, 5.41) is 8.20. The van der Waals surface area contributed by atoms with Crippen molar-refractivity contribution in [1.82, 2.24) is 20.1 Å². The summed E-state index contributed by atoms with van der Waals surface area (Å²) in [5.41, 5.74) is 3.58. The maximum absolute atomic E-state index is 13.1. The van der Waals surface area contributed by atoms with E-state index in [1.807, 2.05) is 25.1 Å². The second kappa shape index (κ2) is 7.29. The van der Waals surface area contributed by atoms with Gasteiger partial charge in [-0.25, -0.2) is 4.39 Å². The van der Waals surface area contributed by atoms with Gasteiger partial charge in [0.2, 0.25) is 11.8 Å². The smallest absolute Gasteiger partial charge is 0.298 e. The number of rotatable bonds is 4. The van der Waals surface area contributed by atoms with Gasteiger partial charge < -0.3 is 13.7 Å². The van der Waals surface area contributed by atoms with Gasteiger partial charge >= 0.3 is 0 Å². The molecule has 8 heteroatoms. The number of piperazine rings is 1. The highest BCUT2D eigenvalue weighted by molar-refractivity contribution is 5.75. The number of hydrogen-bond acceptors (Lipinski definition) is 7. The molecule has 2 aromatic heterocycles. The average molecular weight is 393 g/mol. The highest BCUT2D eigenvalue weighted by atomic mass is 19.1. The van der Waals surface area contributed by atoms with Gasteiger partial charge in [-0.1, -0.05) is 6.07 Å². The number of anilines is 1. The lowest BCUT2D eigenvalue weighted by Crippen LogP contribution is -2.46. The molecule has 0 spiro atoms. The maximum Gasteiger partial charge on any atom is 0.298 e. The van der Waals surface area contributed by atoms with Gasteiger partial charge in [-0.3, -0.25) is 4.90 Å². The van der Waals surface area contributed by atoms with E-state index in [0.717, 1.165) is 37.3 Å². The summed E-state index contributed by atoms with van der Waals surface area (Å²) in [6.07, 6.45) is 0. The molecule has 148 valence electrons. The van der Waals surface area contributed by atoms with Gasteiger partial charge in [0.15, 0.2) is 5.58 Å². The van der Waals surface area contributed by atoms with E-state index in [9.17, 15) is 4.39 Å². The van der Waals surface area contributed by atoms with Crippen molar-refractivity contribution in [3.63, 3.8) is 0 Å². The van der Waals surface area contributed by atoms with Crippen molar-refractivity contribution in [2.45, 2.75) is 13.5 Å². The van der Waals surface area contributed by atoms with Gasteiger partial charge in [-0.2, -0.15) is 4.98 Å². The molecule has 1 aliphatic heterocycles. The lowest BCUT2D eigenvalue weighted by Gasteiger charge is -2.32. The Morgan fingerprint density at radius 1 is 0.966 bits per heavy atom. The zero-order valence-corrected chi connectivity index (χ0v) is 16.0. The number of fused-ring (bicyclic) bond motifs is 1. The van der Waals surface area contributed by atoms with Gasteiger partial charge in [-0.05, 0) is 48.9 Å². The van der Waals surface area contributed by atoms with Crippen LogP contribution < -0.4 is 4.90 Å². The van der Waals surface area contributed by atoms with Crippen molar-refractivity contribution in [3.8, 4) is 11.5 Å². The summed E-state index contributed by atoms with van der Waals surface area (Å²) in [5.74, 6) is 0.663. The van der Waals surface area contributed by atoms with E-state index in [0.29, 0.717) is 29.9 Å². The quantitative estimate of drug-likeness (QED) is 0.524. The topological polar surface area (TPSA) is 71.4 Å². The van der Waals surface area contributed by atoms with Crippen LogP contribution in [0, 0.1) is 12.7 Å². The molecule has 1 aliphatic rings. The molecule has 0 N–H and O–H groups in total. The number of benzene rings is 2. The first-order valence-corrected chi connectivity index (χ1v) is 9.57. The third-order valence-corrected chi connectivity index (χ3v) is 5.09. The normalized spacial score (nSPS) is 15.3. The number of hydrogen-bond donors (Lipinski definition) is 0. The molecule has 0 aliphatic carbocycles. The van der Waals surface area contributed by atoms with E-state index in [2.05, 4.69) is 25.0 Å². The van der Waals surface area contributed by atoms with Crippen molar-refractivity contribution in [1.29, 1.82) is 0 Å². The molecule has 1 fully saturated rings. The van der Waals surface area contributed by atoms with Crippen LogP contribution in [0.2, 0.25) is 0 Å². The molecule has 1 saturated heterocycles. The van der Waals surface area contributed by atoms with Crippen LogP contribution in [-0.2, 0) is 6.54 Å². The first-order chi connectivity index (χ1) is 14.1. The zero-order chi connectivity index (χ0) is 19.8. The Hall–Kier alpha value is -3.26. The molecule has 7 nitrogen and oxygen atoms in total. The number of nitrogens with zero attached hydrogens (tertiary/aromatic N) is 5. The Morgan fingerprint density at radius 3 is 2.55 bits per heavy atom. The van der Waals surface area contributed by atoms with Crippen LogP contribution in [0.1, 0.15) is 11.5 Å². The van der Waals surface area contributed by atoms with Crippen LogP contribution in [0.3, 0.4) is 0 Å². The lowest BCUT2D eigenvalue weighted by atomic mass is 10.2. The SMILES string of the molecule is Cc1ccc2oc(N3CCN(Cc4nnc(-c5ccc(F)cc5)o4)CC3)nc2c1. The molecule has 3 heterocycles. The van der Waals surface area contributed by atoms with Crippen molar-refractivity contribution in [2.24, 2.45) is 0 Å². The molecule has 0 saturated carbocycles. The molecule has 0 radical (unpaired) electrons. The number of aryl methyl sites for hydroxylation is 1. The van der Waals surface area contributed by atoms with Crippen LogP contribution in [0.5, 0.6) is 0 Å². The molecular weight excluding hydrogens is 373 g/mol. The molecule has 4 aromatic rings. The average Bonchev–Trinajstić information content (AvgIpc) is 3.36. The van der Waals surface area contributed by atoms with Gasteiger partial charge in [-0.15, -0.1) is 10.2 Å². The van der Waals surface area contributed by atoms with Crippen LogP contribution in [-0.4, -0.2) is 46.3 Å². The predicted molar refractivity (Wildman–Crippen MR) is 106 cm³/mol. The van der Waals surface area contributed by atoms with Gasteiger partial charge in [0.1, 0.15) is 11.3 Å². The third-order valence-electron chi connectivity index (χ3n) is 5.09. The second-order valence-electron chi connectivity index (χ2n) is 7.24. The number of aromatic nitrogens is 3. The summed E-state index contributed by atoms with van der Waals surface area (Å²) in [7, 11) is 0. The fourth-order valence-corrected chi connectivity index (χ4v) is 3.48. The summed E-state index contributed by atoms with van der Waals surface area (Å²) < 4.78 is 24.7. The van der Waals surface area contributed by atoms with Gasteiger partial charge in [0.25, 0.3) is 6.01 Å². The molecule has 0 bridgehead atoms. The summed E-state index contributed by atoms with van der Waals surface area (Å²) >= 11 is 0. The molecule has 0 atom stereocenters. The van der Waals surface area contributed by atoms with Gasteiger partial charge in [0, 0.05) is 31.7 Å². The van der Waals surface area contributed by atoms with E-state index < -0.39 is 0 Å². The molecule has 29 heavy (non-hydrogen) atoms. The van der Waals surface area contributed by atoms with Crippen LogP contribution >= 0.6 is 0 Å². The fraction of sp³-hybridized carbons (Fsp3) is 0.286. The maximum atomic E-state index is 13.1. The van der Waals surface area contributed by atoms with E-state index in [1.54, 1.807) is 12.1 Å². The van der Waals surface area contributed by atoms with E-state index in [4.69, 9.17) is 8.83 Å². The van der Waals surface area contributed by atoms with Crippen LogP contribution in [0.4, 0.5) is 10.4 Å². The van der Waals surface area contributed by atoms with Gasteiger partial charge in [0.05, 0.1) is 6.54 Å². The standard InChI is InChI=1S/C21H20FN5O2/c1-14-2-7-18-17(12-14)23-21(28-18)27-10-8-26(9-11-27)13-19-24-25-20(29-19)15-3-5-16(22)6-4-15/h2-7,12H,8-11,13H2,1H3. The van der Waals surface area contributed by atoms with Crippen molar-refractivity contribution >= 4 is 17.1 Å². The Labute approximate surface area is 166 Å². The largest absolute Gasteiger partial charge is 0.423 e. The van der Waals surface area contributed by atoms with Crippen molar-refractivity contribution in [2.75, 3.05) is 31.1 Å². The minimum Gasteiger partial charge on any atom is -0.423 e. The van der Waals surface area contributed by atoms with Crippen LogP contribution in [0.15, 0.2) is 51.3 Å². The van der Waals surface area contributed by atoms with E-state index in [1.165, 1.54) is 17.7 Å². The Balaban J connectivity index is 1.21. The molecule has 0 amide bonds. The fourth-order valence-electron chi connectivity index (χ4n) is 3.48. The van der Waals surface area contributed by atoms with Crippen molar-refractivity contribution < 1.29 is 13.2 Å². The first kappa shape index (κ1) is 17.8. The van der Waals surface area contributed by atoms with Crippen molar-refractivity contribution in [3.05, 3.63) is 59.7 Å². The minimum atomic E-state index is -0.291. The third kappa shape index (κ3) is 3.71. The molecule has 2 aromatic carbocycles. The number of oxazole rings is 1. The first-order valence-electron chi connectivity index (χ1n) is 9.57. The Kier molecular flexibility index (Phi) is 4.48. The number of halogens is 1. The Bertz CT molecular complexity index is 1130. The second-order valence-corrected chi connectivity index (χ2v) is 7.24. The van der Waals surface area contributed by atoms with Crippen LogP contribution in [0.25, 0.3) is 22.6 Å². The van der Waals surface area contributed by atoms with E-state index >= 15 is 0 Å². The molecule has 5 rings (SSSR count). The highest BCUT2D eigenvalue weighted by Crippen LogP contribution is 2.24. The molecular formula is C21H20FN5O2. The Morgan fingerprint density at radius 2 is 1.76 bits per heavy atom. The highest BCUT2D eigenvalue weighted by Gasteiger charge is 2.22. The zero-order valence-electron chi connectivity index (χ0n) is 16.0. The minimum absolute atomic E-state index is 0.291. The predicted octanol–water partition coefficient (Wildman–Crippen LogP) is 3.65. The lowest BCUT2D eigenvalue weighted by molar-refractivity contribution is 0.223. The summed E-state index contributed by atoms with van der Waals surface area (Å²) in [4.78, 5) is 9.03.